The predicted molar refractivity (Wildman–Crippen MR) is 124 cm³/mol. The number of ketones is 1. The Labute approximate surface area is 192 Å². The lowest BCUT2D eigenvalue weighted by Gasteiger charge is -2.25. The monoisotopic (exact) mass is 474 g/mol. The zero-order chi connectivity index (χ0) is 22.7. The van der Waals surface area contributed by atoms with Crippen molar-refractivity contribution in [3.8, 4) is 5.75 Å². The summed E-state index contributed by atoms with van der Waals surface area (Å²) in [4.78, 5) is 16.5. The summed E-state index contributed by atoms with van der Waals surface area (Å²) in [5, 5.41) is 0.434. The number of rotatable bonds is 8. The van der Waals surface area contributed by atoms with Crippen LogP contribution in [0.15, 0.2) is 50.9 Å². The normalized spacial score (nSPS) is 15.2. The first-order valence-corrected chi connectivity index (χ1v) is 13.1. The fourth-order valence-electron chi connectivity index (χ4n) is 3.71. The number of hydrogen-bond donors (Lipinski definition) is 0. The molecule has 2 aromatic carbocycles. The van der Waals surface area contributed by atoms with Crippen LogP contribution in [-0.2, 0) is 15.8 Å². The molecule has 4 rings (SSSR count). The van der Waals surface area contributed by atoms with Crippen LogP contribution in [0.2, 0.25) is 0 Å². The standard InChI is InChI=1S/C23H26N2O5S2/c1-3-29-21-9-7-17(16(2)26)13-18(21)15-31-23-24-20-14-19(8-10-22(20)30-23)32(27,28)25-11-5-4-6-12-25/h7-10,13-14H,3-6,11-12,15H2,1-2H3. The molecule has 0 N–H and O–H groups in total. The molecule has 1 fully saturated rings. The van der Waals surface area contributed by atoms with Gasteiger partial charge in [0.05, 0.1) is 11.5 Å². The molecule has 0 bridgehead atoms. The first kappa shape index (κ1) is 22.8. The quantitative estimate of drug-likeness (QED) is 0.339. The van der Waals surface area contributed by atoms with Crippen LogP contribution in [0.4, 0.5) is 0 Å². The molecule has 0 radical (unpaired) electrons. The molecular weight excluding hydrogens is 448 g/mol. The van der Waals surface area contributed by atoms with Crippen LogP contribution in [-0.4, -0.2) is 43.2 Å². The second kappa shape index (κ2) is 9.64. The van der Waals surface area contributed by atoms with Gasteiger partial charge >= 0.3 is 0 Å². The van der Waals surface area contributed by atoms with Gasteiger partial charge in [-0.25, -0.2) is 13.4 Å². The molecule has 2 heterocycles. The van der Waals surface area contributed by atoms with E-state index in [0.717, 1.165) is 30.6 Å². The van der Waals surface area contributed by atoms with Crippen molar-refractivity contribution in [1.29, 1.82) is 0 Å². The van der Waals surface area contributed by atoms with E-state index >= 15 is 0 Å². The van der Waals surface area contributed by atoms with E-state index in [-0.39, 0.29) is 10.7 Å². The van der Waals surface area contributed by atoms with Crippen LogP contribution < -0.4 is 4.74 Å². The molecule has 0 spiro atoms. The topological polar surface area (TPSA) is 89.7 Å². The first-order valence-electron chi connectivity index (χ1n) is 10.7. The van der Waals surface area contributed by atoms with Crippen molar-refractivity contribution >= 4 is 38.7 Å². The number of carbonyl (C=O) groups is 1. The van der Waals surface area contributed by atoms with Gasteiger partial charge in [-0.1, -0.05) is 18.2 Å². The van der Waals surface area contributed by atoms with Crippen molar-refractivity contribution in [2.24, 2.45) is 0 Å². The van der Waals surface area contributed by atoms with Crippen molar-refractivity contribution in [2.75, 3.05) is 19.7 Å². The lowest BCUT2D eigenvalue weighted by molar-refractivity contribution is 0.101. The molecule has 7 nitrogen and oxygen atoms in total. The van der Waals surface area contributed by atoms with E-state index < -0.39 is 10.0 Å². The van der Waals surface area contributed by atoms with E-state index in [0.29, 0.717) is 47.3 Å². The molecule has 32 heavy (non-hydrogen) atoms. The lowest BCUT2D eigenvalue weighted by Crippen LogP contribution is -2.35. The highest BCUT2D eigenvalue weighted by atomic mass is 32.2. The van der Waals surface area contributed by atoms with Crippen molar-refractivity contribution in [3.63, 3.8) is 0 Å². The van der Waals surface area contributed by atoms with Crippen LogP contribution in [0.25, 0.3) is 11.1 Å². The van der Waals surface area contributed by atoms with E-state index in [1.54, 1.807) is 34.6 Å². The minimum Gasteiger partial charge on any atom is -0.494 e. The Morgan fingerprint density at radius 1 is 1.16 bits per heavy atom. The van der Waals surface area contributed by atoms with Gasteiger partial charge in [-0.15, -0.1) is 0 Å². The van der Waals surface area contributed by atoms with E-state index in [2.05, 4.69) is 4.98 Å². The fourth-order valence-corrected chi connectivity index (χ4v) is 6.06. The minimum atomic E-state index is -3.53. The summed E-state index contributed by atoms with van der Waals surface area (Å²) < 4.78 is 39.0. The zero-order valence-corrected chi connectivity index (χ0v) is 19.8. The highest BCUT2D eigenvalue weighted by molar-refractivity contribution is 7.98. The molecule has 1 aliphatic rings. The van der Waals surface area contributed by atoms with Gasteiger partial charge in [0.2, 0.25) is 10.0 Å². The maximum atomic E-state index is 13.0. The molecule has 1 saturated heterocycles. The highest BCUT2D eigenvalue weighted by Crippen LogP contribution is 2.32. The predicted octanol–water partition coefficient (Wildman–Crippen LogP) is 4.90. The Balaban J connectivity index is 1.55. The van der Waals surface area contributed by atoms with E-state index in [4.69, 9.17) is 9.15 Å². The van der Waals surface area contributed by atoms with Gasteiger partial charge in [0.1, 0.15) is 11.3 Å². The third kappa shape index (κ3) is 4.84. The molecule has 1 aliphatic heterocycles. The Morgan fingerprint density at radius 2 is 1.94 bits per heavy atom. The number of nitrogens with zero attached hydrogens (tertiary/aromatic N) is 2. The molecule has 3 aromatic rings. The number of oxazole rings is 1. The summed E-state index contributed by atoms with van der Waals surface area (Å²) in [5.41, 5.74) is 2.54. The fraction of sp³-hybridized carbons (Fsp3) is 0.391. The lowest BCUT2D eigenvalue weighted by atomic mass is 10.1. The number of piperidine rings is 1. The van der Waals surface area contributed by atoms with Gasteiger partial charge in [-0.3, -0.25) is 4.79 Å². The highest BCUT2D eigenvalue weighted by Gasteiger charge is 2.26. The zero-order valence-electron chi connectivity index (χ0n) is 18.2. The number of carbonyl (C=O) groups excluding carboxylic acids is 1. The van der Waals surface area contributed by atoms with Crippen LogP contribution in [0.1, 0.15) is 49.0 Å². The number of Topliss-reactive ketones (excluding diaryl/α,β-unsaturated/α-hetero) is 1. The van der Waals surface area contributed by atoms with Gasteiger partial charge in [0, 0.05) is 30.0 Å². The molecule has 170 valence electrons. The van der Waals surface area contributed by atoms with Crippen LogP contribution in [0.5, 0.6) is 5.75 Å². The second-order valence-electron chi connectivity index (χ2n) is 7.67. The van der Waals surface area contributed by atoms with Crippen molar-refractivity contribution in [1.82, 2.24) is 9.29 Å². The number of fused-ring (bicyclic) bond motifs is 1. The molecule has 0 unspecified atom stereocenters. The Morgan fingerprint density at radius 3 is 2.66 bits per heavy atom. The molecule has 1 aromatic heterocycles. The largest absolute Gasteiger partial charge is 0.494 e. The number of sulfonamides is 1. The number of ether oxygens (including phenoxy) is 1. The maximum Gasteiger partial charge on any atom is 0.257 e. The Bertz CT molecular complexity index is 1230. The molecule has 0 atom stereocenters. The number of aromatic nitrogens is 1. The van der Waals surface area contributed by atoms with Gasteiger partial charge in [0.15, 0.2) is 11.4 Å². The van der Waals surface area contributed by atoms with Gasteiger partial charge in [-0.05, 0) is 63.1 Å². The number of hydrogen-bond acceptors (Lipinski definition) is 7. The van der Waals surface area contributed by atoms with Crippen molar-refractivity contribution < 1.29 is 22.4 Å². The Kier molecular flexibility index (Phi) is 6.88. The SMILES string of the molecule is CCOc1ccc(C(C)=O)cc1CSc1nc2cc(S(=O)(=O)N3CCCCC3)ccc2o1. The number of benzene rings is 2. The number of thioether (sulfide) groups is 1. The summed E-state index contributed by atoms with van der Waals surface area (Å²) in [6, 6.07) is 10.2. The summed E-state index contributed by atoms with van der Waals surface area (Å²) in [6.45, 7) is 5.08. The smallest absolute Gasteiger partial charge is 0.257 e. The summed E-state index contributed by atoms with van der Waals surface area (Å²) in [5.74, 6) is 1.21. The van der Waals surface area contributed by atoms with E-state index in [1.807, 2.05) is 13.0 Å². The molecule has 0 amide bonds. The summed E-state index contributed by atoms with van der Waals surface area (Å²) in [7, 11) is -3.53. The van der Waals surface area contributed by atoms with Crippen molar-refractivity contribution in [3.05, 3.63) is 47.5 Å². The third-order valence-corrected chi connectivity index (χ3v) is 8.18. The van der Waals surface area contributed by atoms with Crippen LogP contribution in [0.3, 0.4) is 0 Å². The average molecular weight is 475 g/mol. The van der Waals surface area contributed by atoms with E-state index in [1.165, 1.54) is 18.7 Å². The van der Waals surface area contributed by atoms with Crippen molar-refractivity contribution in [2.45, 2.75) is 49.0 Å². The molecule has 0 saturated carbocycles. The van der Waals surface area contributed by atoms with Crippen LogP contribution >= 0.6 is 11.8 Å². The van der Waals surface area contributed by atoms with Gasteiger partial charge in [0.25, 0.3) is 5.22 Å². The molecule has 9 heteroatoms. The molecule has 0 aliphatic carbocycles. The Hall–Kier alpha value is -2.36. The van der Waals surface area contributed by atoms with Gasteiger partial charge < -0.3 is 9.15 Å². The van der Waals surface area contributed by atoms with Gasteiger partial charge in [-0.2, -0.15) is 4.31 Å². The molecular formula is C23H26N2O5S2. The first-order chi connectivity index (χ1) is 15.4. The third-order valence-electron chi connectivity index (χ3n) is 5.41. The summed E-state index contributed by atoms with van der Waals surface area (Å²) >= 11 is 1.37. The summed E-state index contributed by atoms with van der Waals surface area (Å²) in [6.07, 6.45) is 2.84. The maximum absolute atomic E-state index is 13.0. The van der Waals surface area contributed by atoms with E-state index in [9.17, 15) is 13.2 Å². The minimum absolute atomic E-state index is 0.0106. The average Bonchev–Trinajstić information content (AvgIpc) is 3.21. The second-order valence-corrected chi connectivity index (χ2v) is 10.5. The van der Waals surface area contributed by atoms with Crippen LogP contribution in [0, 0.1) is 0 Å².